The smallest absolute Gasteiger partial charge is 0.00399 e. The van der Waals surface area contributed by atoms with Crippen LogP contribution >= 0.6 is 0 Å². The molecular weight excluding hydrogens is 112 g/mol. The SMILES string of the molecule is CC=C(CCN)CCN. The van der Waals surface area contributed by atoms with Crippen molar-refractivity contribution in [3.8, 4) is 0 Å². The number of rotatable bonds is 4. The zero-order valence-corrected chi connectivity index (χ0v) is 6.06. The second-order valence-electron chi connectivity index (χ2n) is 2.02. The van der Waals surface area contributed by atoms with Gasteiger partial charge in [0.2, 0.25) is 0 Å². The molecule has 4 N–H and O–H groups in total. The van der Waals surface area contributed by atoms with E-state index >= 15 is 0 Å². The summed E-state index contributed by atoms with van der Waals surface area (Å²) >= 11 is 0. The Balaban J connectivity index is 3.43. The highest BCUT2D eigenvalue weighted by Crippen LogP contribution is 2.02. The Morgan fingerprint density at radius 3 is 1.89 bits per heavy atom. The molecule has 0 fully saturated rings. The van der Waals surface area contributed by atoms with E-state index in [-0.39, 0.29) is 0 Å². The average Bonchev–Trinajstić information content (AvgIpc) is 1.88. The standard InChI is InChI=1S/C7H16N2/c1-2-7(3-5-8)4-6-9/h2H,3-6,8-9H2,1H3. The first-order valence-corrected chi connectivity index (χ1v) is 3.39. The largest absolute Gasteiger partial charge is 0.330 e. The second-order valence-corrected chi connectivity index (χ2v) is 2.02. The van der Waals surface area contributed by atoms with Gasteiger partial charge in [0.25, 0.3) is 0 Å². The van der Waals surface area contributed by atoms with Crippen LogP contribution in [0.3, 0.4) is 0 Å². The Labute approximate surface area is 56.9 Å². The Morgan fingerprint density at radius 2 is 1.67 bits per heavy atom. The van der Waals surface area contributed by atoms with E-state index < -0.39 is 0 Å². The van der Waals surface area contributed by atoms with Gasteiger partial charge >= 0.3 is 0 Å². The maximum atomic E-state index is 5.35. The number of hydrogen-bond acceptors (Lipinski definition) is 2. The van der Waals surface area contributed by atoms with E-state index in [0.29, 0.717) is 0 Å². The fourth-order valence-electron chi connectivity index (χ4n) is 0.784. The molecular formula is C7H16N2. The molecule has 0 aromatic carbocycles. The highest BCUT2D eigenvalue weighted by atomic mass is 14.5. The summed E-state index contributed by atoms with van der Waals surface area (Å²) < 4.78 is 0. The third-order valence-corrected chi connectivity index (χ3v) is 1.34. The summed E-state index contributed by atoms with van der Waals surface area (Å²) in [6.07, 6.45) is 4.08. The maximum Gasteiger partial charge on any atom is -0.00399 e. The van der Waals surface area contributed by atoms with E-state index in [1.807, 2.05) is 6.92 Å². The molecule has 0 radical (unpaired) electrons. The second kappa shape index (κ2) is 5.79. The van der Waals surface area contributed by atoms with Crippen LogP contribution < -0.4 is 11.5 Å². The predicted octanol–water partition coefficient (Wildman–Crippen LogP) is 0.630. The van der Waals surface area contributed by atoms with Crippen LogP contribution in [0.5, 0.6) is 0 Å². The van der Waals surface area contributed by atoms with Gasteiger partial charge in [-0.2, -0.15) is 0 Å². The lowest BCUT2D eigenvalue weighted by atomic mass is 10.1. The fourth-order valence-corrected chi connectivity index (χ4v) is 0.784. The van der Waals surface area contributed by atoms with Gasteiger partial charge in [0.05, 0.1) is 0 Å². The molecule has 0 spiro atoms. The quantitative estimate of drug-likeness (QED) is 0.546. The van der Waals surface area contributed by atoms with Crippen LogP contribution in [0.2, 0.25) is 0 Å². The molecule has 0 bridgehead atoms. The van der Waals surface area contributed by atoms with Gasteiger partial charge in [0.15, 0.2) is 0 Å². The fraction of sp³-hybridized carbons (Fsp3) is 0.714. The summed E-state index contributed by atoms with van der Waals surface area (Å²) in [6, 6.07) is 0. The van der Waals surface area contributed by atoms with Gasteiger partial charge in [-0.15, -0.1) is 0 Å². The Bertz CT molecular complexity index is 78.9. The molecule has 0 rings (SSSR count). The van der Waals surface area contributed by atoms with Crippen molar-refractivity contribution in [2.24, 2.45) is 11.5 Å². The van der Waals surface area contributed by atoms with Crippen LogP contribution in [-0.4, -0.2) is 13.1 Å². The van der Waals surface area contributed by atoms with Crippen LogP contribution in [0.15, 0.2) is 11.6 Å². The van der Waals surface area contributed by atoms with E-state index in [4.69, 9.17) is 11.5 Å². The monoisotopic (exact) mass is 128 g/mol. The van der Waals surface area contributed by atoms with Gasteiger partial charge in [0.1, 0.15) is 0 Å². The van der Waals surface area contributed by atoms with Gasteiger partial charge in [-0.25, -0.2) is 0 Å². The van der Waals surface area contributed by atoms with Gasteiger partial charge < -0.3 is 11.5 Å². The van der Waals surface area contributed by atoms with Crippen molar-refractivity contribution in [2.45, 2.75) is 19.8 Å². The minimum atomic E-state index is 0.736. The van der Waals surface area contributed by atoms with Crippen LogP contribution in [0.4, 0.5) is 0 Å². The lowest BCUT2D eigenvalue weighted by molar-refractivity contribution is 0.847. The molecule has 0 unspecified atom stereocenters. The average molecular weight is 128 g/mol. The summed E-state index contributed by atoms with van der Waals surface area (Å²) in [5, 5.41) is 0. The molecule has 0 saturated carbocycles. The van der Waals surface area contributed by atoms with Crippen LogP contribution in [0.1, 0.15) is 19.8 Å². The van der Waals surface area contributed by atoms with Crippen molar-refractivity contribution in [2.75, 3.05) is 13.1 Å². The summed E-state index contributed by atoms with van der Waals surface area (Å²) in [4.78, 5) is 0. The van der Waals surface area contributed by atoms with E-state index in [1.54, 1.807) is 0 Å². The normalized spacial score (nSPS) is 9.22. The molecule has 0 aliphatic carbocycles. The first-order valence-electron chi connectivity index (χ1n) is 3.39. The van der Waals surface area contributed by atoms with E-state index in [1.165, 1.54) is 5.57 Å². The molecule has 2 nitrogen and oxygen atoms in total. The summed E-state index contributed by atoms with van der Waals surface area (Å²) in [7, 11) is 0. The predicted molar refractivity (Wildman–Crippen MR) is 41.1 cm³/mol. The third-order valence-electron chi connectivity index (χ3n) is 1.34. The minimum absolute atomic E-state index is 0.736. The molecule has 0 aliphatic rings. The summed E-state index contributed by atoms with van der Waals surface area (Å²) in [5.41, 5.74) is 12.1. The van der Waals surface area contributed by atoms with E-state index in [2.05, 4.69) is 6.08 Å². The topological polar surface area (TPSA) is 52.0 Å². The highest BCUT2D eigenvalue weighted by Gasteiger charge is 1.90. The molecule has 9 heavy (non-hydrogen) atoms. The lowest BCUT2D eigenvalue weighted by Crippen LogP contribution is -2.05. The third kappa shape index (κ3) is 4.18. The Kier molecular flexibility index (Phi) is 5.57. The molecule has 0 heterocycles. The molecule has 0 amide bonds. The molecule has 0 aromatic rings. The Morgan fingerprint density at radius 1 is 1.22 bits per heavy atom. The first kappa shape index (κ1) is 8.66. The molecule has 0 aliphatic heterocycles. The molecule has 0 aromatic heterocycles. The van der Waals surface area contributed by atoms with Crippen molar-refractivity contribution >= 4 is 0 Å². The van der Waals surface area contributed by atoms with Crippen LogP contribution in [0, 0.1) is 0 Å². The number of nitrogens with two attached hydrogens (primary N) is 2. The van der Waals surface area contributed by atoms with Gasteiger partial charge in [-0.1, -0.05) is 11.6 Å². The van der Waals surface area contributed by atoms with Crippen molar-refractivity contribution in [3.63, 3.8) is 0 Å². The summed E-state index contributed by atoms with van der Waals surface area (Å²) in [5.74, 6) is 0. The lowest BCUT2D eigenvalue weighted by Gasteiger charge is -2.00. The molecule has 0 saturated heterocycles. The van der Waals surface area contributed by atoms with Crippen LogP contribution in [0.25, 0.3) is 0 Å². The minimum Gasteiger partial charge on any atom is -0.330 e. The van der Waals surface area contributed by atoms with Crippen molar-refractivity contribution in [1.29, 1.82) is 0 Å². The molecule has 54 valence electrons. The number of allylic oxidation sites excluding steroid dienone is 1. The van der Waals surface area contributed by atoms with Gasteiger partial charge in [-0.3, -0.25) is 0 Å². The molecule has 0 atom stereocenters. The zero-order chi connectivity index (χ0) is 7.11. The van der Waals surface area contributed by atoms with Crippen molar-refractivity contribution in [1.82, 2.24) is 0 Å². The van der Waals surface area contributed by atoms with Gasteiger partial charge in [0, 0.05) is 0 Å². The molecule has 2 heteroatoms. The van der Waals surface area contributed by atoms with Crippen molar-refractivity contribution < 1.29 is 0 Å². The maximum absolute atomic E-state index is 5.35. The van der Waals surface area contributed by atoms with Gasteiger partial charge in [-0.05, 0) is 32.9 Å². The van der Waals surface area contributed by atoms with Crippen LogP contribution in [-0.2, 0) is 0 Å². The first-order chi connectivity index (χ1) is 4.35. The van der Waals surface area contributed by atoms with E-state index in [9.17, 15) is 0 Å². The van der Waals surface area contributed by atoms with Crippen molar-refractivity contribution in [3.05, 3.63) is 11.6 Å². The zero-order valence-electron chi connectivity index (χ0n) is 6.06. The highest BCUT2D eigenvalue weighted by molar-refractivity contribution is 5.00. The summed E-state index contributed by atoms with van der Waals surface area (Å²) in [6.45, 7) is 3.50. The number of hydrogen-bond donors (Lipinski definition) is 2. The Hall–Kier alpha value is -0.340. The van der Waals surface area contributed by atoms with E-state index in [0.717, 1.165) is 25.9 Å².